The van der Waals surface area contributed by atoms with E-state index >= 15 is 0 Å². The fraction of sp³-hybridized carbons (Fsp3) is 0.462. The highest BCUT2D eigenvalue weighted by Crippen LogP contribution is 2.24. The molecule has 18 heavy (non-hydrogen) atoms. The van der Waals surface area contributed by atoms with E-state index in [1.807, 2.05) is 27.2 Å². The molecule has 1 unspecified atom stereocenters. The molecular weight excluding hydrogens is 366 g/mol. The van der Waals surface area contributed by atoms with Gasteiger partial charge < -0.3 is 4.57 Å². The van der Waals surface area contributed by atoms with E-state index in [0.717, 1.165) is 29.8 Å². The number of hydrogen-bond acceptors (Lipinski definition) is 1. The smallest absolute Gasteiger partial charge is 0.138 e. The van der Waals surface area contributed by atoms with Crippen LogP contribution >= 0.6 is 34.2 Å². The van der Waals surface area contributed by atoms with Crippen molar-refractivity contribution >= 4 is 45.2 Å². The first-order chi connectivity index (χ1) is 8.56. The molecule has 1 atom stereocenters. The molecule has 0 aliphatic rings. The summed E-state index contributed by atoms with van der Waals surface area (Å²) in [4.78, 5) is 4.48. The molecular formula is C13H15ClFIN2. The second kappa shape index (κ2) is 5.74. The van der Waals surface area contributed by atoms with Gasteiger partial charge in [-0.1, -0.05) is 20.3 Å². The zero-order valence-corrected chi connectivity index (χ0v) is 13.3. The van der Waals surface area contributed by atoms with Crippen molar-refractivity contribution in [1.29, 1.82) is 0 Å². The maximum Gasteiger partial charge on any atom is 0.138 e. The molecule has 1 aromatic carbocycles. The Kier molecular flexibility index (Phi) is 4.48. The Morgan fingerprint density at radius 1 is 1.50 bits per heavy atom. The zero-order valence-electron chi connectivity index (χ0n) is 10.4. The van der Waals surface area contributed by atoms with Crippen molar-refractivity contribution in [3.8, 4) is 0 Å². The van der Waals surface area contributed by atoms with Crippen LogP contribution in [0, 0.1) is 15.3 Å². The molecule has 98 valence electrons. The average molecular weight is 381 g/mol. The van der Waals surface area contributed by atoms with Gasteiger partial charge in [0, 0.05) is 12.6 Å². The van der Waals surface area contributed by atoms with E-state index in [0.29, 0.717) is 15.4 Å². The molecule has 5 heteroatoms. The minimum Gasteiger partial charge on any atom is -0.327 e. The van der Waals surface area contributed by atoms with Gasteiger partial charge in [-0.25, -0.2) is 9.37 Å². The predicted molar refractivity (Wildman–Crippen MR) is 81.4 cm³/mol. The summed E-state index contributed by atoms with van der Waals surface area (Å²) in [5.41, 5.74) is 1.66. The van der Waals surface area contributed by atoms with Gasteiger partial charge in [0.15, 0.2) is 0 Å². The summed E-state index contributed by atoms with van der Waals surface area (Å²) in [5, 5.41) is 0. The van der Waals surface area contributed by atoms with Crippen molar-refractivity contribution in [3.05, 3.63) is 27.3 Å². The molecule has 0 N–H and O–H groups in total. The van der Waals surface area contributed by atoms with Crippen LogP contribution in [0.25, 0.3) is 11.0 Å². The van der Waals surface area contributed by atoms with E-state index in [2.05, 4.69) is 18.8 Å². The predicted octanol–water partition coefficient (Wildman–Crippen LogP) is 4.56. The van der Waals surface area contributed by atoms with Gasteiger partial charge in [-0.2, -0.15) is 0 Å². The number of alkyl halides is 1. The molecule has 2 rings (SSSR count). The Hall–Kier alpha value is -0.360. The number of fused-ring (bicyclic) bond motifs is 1. The maximum absolute atomic E-state index is 13.7. The van der Waals surface area contributed by atoms with Crippen molar-refractivity contribution < 1.29 is 4.39 Å². The third kappa shape index (κ3) is 2.64. The van der Waals surface area contributed by atoms with Crippen molar-refractivity contribution in [1.82, 2.24) is 9.55 Å². The number of rotatable bonds is 4. The van der Waals surface area contributed by atoms with E-state index in [4.69, 9.17) is 11.6 Å². The molecule has 0 amide bonds. The lowest BCUT2D eigenvalue weighted by atomic mass is 10.1. The lowest BCUT2D eigenvalue weighted by molar-refractivity contribution is 0.468. The van der Waals surface area contributed by atoms with Crippen molar-refractivity contribution in [3.63, 3.8) is 0 Å². The molecule has 1 aromatic heterocycles. The second-order valence-electron chi connectivity index (χ2n) is 4.54. The highest BCUT2D eigenvalue weighted by molar-refractivity contribution is 14.1. The Labute approximate surface area is 125 Å². The van der Waals surface area contributed by atoms with Gasteiger partial charge in [0.05, 0.1) is 20.5 Å². The van der Waals surface area contributed by atoms with E-state index < -0.39 is 0 Å². The second-order valence-corrected chi connectivity index (χ2v) is 5.97. The first-order valence-corrected chi connectivity index (χ1v) is 7.58. The first-order valence-electron chi connectivity index (χ1n) is 5.97. The van der Waals surface area contributed by atoms with Crippen molar-refractivity contribution in [2.24, 2.45) is 5.92 Å². The van der Waals surface area contributed by atoms with E-state index in [1.165, 1.54) is 0 Å². The molecule has 0 saturated carbocycles. The van der Waals surface area contributed by atoms with Crippen LogP contribution in [0.4, 0.5) is 4.39 Å². The SMILES string of the molecule is CCC(C)Cn1c(CCl)nc2cc(I)c(F)cc21. The van der Waals surface area contributed by atoms with Crippen LogP contribution in [0.3, 0.4) is 0 Å². The number of aromatic nitrogens is 2. The third-order valence-electron chi connectivity index (χ3n) is 3.18. The van der Waals surface area contributed by atoms with Gasteiger partial charge in [0.1, 0.15) is 11.6 Å². The monoisotopic (exact) mass is 380 g/mol. The Bertz CT molecular complexity index is 568. The number of hydrogen-bond donors (Lipinski definition) is 0. The summed E-state index contributed by atoms with van der Waals surface area (Å²) in [6, 6.07) is 3.33. The van der Waals surface area contributed by atoms with E-state index in [-0.39, 0.29) is 5.82 Å². The van der Waals surface area contributed by atoms with Crippen LogP contribution < -0.4 is 0 Å². The largest absolute Gasteiger partial charge is 0.327 e. The highest BCUT2D eigenvalue weighted by Gasteiger charge is 2.14. The van der Waals surface area contributed by atoms with Gasteiger partial charge in [0.2, 0.25) is 0 Å². The molecule has 0 saturated heterocycles. The zero-order chi connectivity index (χ0) is 13.3. The van der Waals surface area contributed by atoms with Crippen molar-refractivity contribution in [2.75, 3.05) is 0 Å². The van der Waals surface area contributed by atoms with Gasteiger partial charge in [-0.15, -0.1) is 11.6 Å². The Balaban J connectivity index is 2.57. The van der Waals surface area contributed by atoms with Crippen molar-refractivity contribution in [2.45, 2.75) is 32.7 Å². The van der Waals surface area contributed by atoms with Gasteiger partial charge in [-0.05, 0) is 34.6 Å². The number of nitrogens with zero attached hydrogens (tertiary/aromatic N) is 2. The van der Waals surface area contributed by atoms with Crippen LogP contribution in [0.1, 0.15) is 26.1 Å². The summed E-state index contributed by atoms with van der Waals surface area (Å²) in [7, 11) is 0. The molecule has 0 fully saturated rings. The summed E-state index contributed by atoms with van der Waals surface area (Å²) in [5.74, 6) is 1.48. The van der Waals surface area contributed by atoms with Crippen LogP contribution in [0.2, 0.25) is 0 Å². The topological polar surface area (TPSA) is 17.8 Å². The average Bonchev–Trinajstić information content (AvgIpc) is 2.67. The maximum atomic E-state index is 13.7. The quantitative estimate of drug-likeness (QED) is 0.561. The Morgan fingerprint density at radius 2 is 2.22 bits per heavy atom. The minimum atomic E-state index is -0.200. The lowest BCUT2D eigenvalue weighted by Gasteiger charge is -2.12. The molecule has 0 spiro atoms. The summed E-state index contributed by atoms with van der Waals surface area (Å²) < 4.78 is 16.3. The number of imidazole rings is 1. The molecule has 2 nitrogen and oxygen atoms in total. The number of benzene rings is 1. The number of halogens is 3. The van der Waals surface area contributed by atoms with Crippen LogP contribution in [0.15, 0.2) is 12.1 Å². The van der Waals surface area contributed by atoms with Gasteiger partial charge in [0.25, 0.3) is 0 Å². The standard InChI is InChI=1S/C13H15ClFIN2/c1-3-8(2)7-18-12-4-9(15)10(16)5-11(12)17-13(18)6-14/h4-5,8H,3,6-7H2,1-2H3. The molecule has 0 radical (unpaired) electrons. The Morgan fingerprint density at radius 3 is 2.83 bits per heavy atom. The normalized spacial score (nSPS) is 13.2. The fourth-order valence-corrected chi connectivity index (χ4v) is 2.57. The molecule has 2 aromatic rings. The first kappa shape index (κ1) is 14.1. The molecule has 0 bridgehead atoms. The van der Waals surface area contributed by atoms with Gasteiger partial charge in [-0.3, -0.25) is 0 Å². The van der Waals surface area contributed by atoms with E-state index in [9.17, 15) is 4.39 Å². The molecule has 0 aliphatic heterocycles. The van der Waals surface area contributed by atoms with Crippen LogP contribution in [-0.4, -0.2) is 9.55 Å². The third-order valence-corrected chi connectivity index (χ3v) is 4.25. The molecule has 0 aliphatic carbocycles. The van der Waals surface area contributed by atoms with Crippen LogP contribution in [0.5, 0.6) is 0 Å². The fourth-order valence-electron chi connectivity index (χ4n) is 1.92. The van der Waals surface area contributed by atoms with E-state index in [1.54, 1.807) is 12.1 Å². The highest BCUT2D eigenvalue weighted by atomic mass is 127. The summed E-state index contributed by atoms with van der Waals surface area (Å²) in [6.45, 7) is 5.15. The van der Waals surface area contributed by atoms with Gasteiger partial charge >= 0.3 is 0 Å². The summed E-state index contributed by atoms with van der Waals surface area (Å²) >= 11 is 7.91. The summed E-state index contributed by atoms with van der Waals surface area (Å²) in [6.07, 6.45) is 1.08. The molecule has 1 heterocycles. The minimum absolute atomic E-state index is 0.200. The lowest BCUT2D eigenvalue weighted by Crippen LogP contribution is -2.09. The van der Waals surface area contributed by atoms with Crippen LogP contribution in [-0.2, 0) is 12.4 Å².